The summed E-state index contributed by atoms with van der Waals surface area (Å²) in [6.07, 6.45) is 1.09. The van der Waals surface area contributed by atoms with Gasteiger partial charge in [-0.1, -0.05) is 69.2 Å². The van der Waals surface area contributed by atoms with Gasteiger partial charge in [-0.3, -0.25) is 0 Å². The molecule has 112 valence electrons. The lowest BCUT2D eigenvalue weighted by Gasteiger charge is -2.16. The van der Waals surface area contributed by atoms with Crippen molar-refractivity contribution in [1.29, 1.82) is 0 Å². The molecule has 0 spiro atoms. The average Bonchev–Trinajstić information content (AvgIpc) is 2.90. The highest BCUT2D eigenvalue weighted by molar-refractivity contribution is 5.50. The number of hydrogen-bond donors (Lipinski definition) is 1. The minimum absolute atomic E-state index is 0.152. The van der Waals surface area contributed by atoms with Gasteiger partial charge in [0, 0.05) is 11.5 Å². The minimum Gasteiger partial charge on any atom is -0.321 e. The van der Waals surface area contributed by atoms with Crippen LogP contribution in [-0.2, 0) is 0 Å². The van der Waals surface area contributed by atoms with Crippen LogP contribution in [-0.4, -0.2) is 5.54 Å². The molecule has 1 aliphatic rings. The fourth-order valence-electron chi connectivity index (χ4n) is 3.75. The van der Waals surface area contributed by atoms with E-state index in [2.05, 4.69) is 59.4 Å². The number of nitrogens with two attached hydrogens (primary N) is 1. The second-order valence-corrected chi connectivity index (χ2v) is 6.27. The highest BCUT2D eigenvalue weighted by Crippen LogP contribution is 2.70. The van der Waals surface area contributed by atoms with Crippen molar-refractivity contribution in [2.75, 3.05) is 0 Å². The molecule has 1 heteroatoms. The first-order valence-corrected chi connectivity index (χ1v) is 7.80. The van der Waals surface area contributed by atoms with Gasteiger partial charge in [0.1, 0.15) is 0 Å². The maximum Gasteiger partial charge on any atom is 0.0500 e. The Bertz CT molecular complexity index is 482. The highest BCUT2D eigenvalue weighted by Gasteiger charge is 2.71. The van der Waals surface area contributed by atoms with Crippen LogP contribution in [0.1, 0.15) is 63.6 Å². The van der Waals surface area contributed by atoms with Gasteiger partial charge < -0.3 is 5.73 Å². The first kappa shape index (κ1) is 17.0. The van der Waals surface area contributed by atoms with Crippen molar-refractivity contribution >= 4 is 0 Å². The molecule has 0 heterocycles. The lowest BCUT2D eigenvalue weighted by atomic mass is 9.94. The lowest BCUT2D eigenvalue weighted by Crippen LogP contribution is -2.30. The van der Waals surface area contributed by atoms with E-state index < -0.39 is 0 Å². The third-order valence-corrected chi connectivity index (χ3v) is 4.97. The molecule has 0 saturated heterocycles. The van der Waals surface area contributed by atoms with Crippen LogP contribution in [0.3, 0.4) is 0 Å². The van der Waals surface area contributed by atoms with Crippen LogP contribution in [0.5, 0.6) is 0 Å². The fraction of sp³-hybridized carbons (Fsp3) is 0.579. The quantitative estimate of drug-likeness (QED) is 0.760. The van der Waals surface area contributed by atoms with Gasteiger partial charge in [0.25, 0.3) is 0 Å². The Kier molecular flexibility index (Phi) is 4.86. The summed E-state index contributed by atoms with van der Waals surface area (Å²) in [6, 6.07) is 6.78. The molecule has 0 amide bonds. The van der Waals surface area contributed by atoms with Crippen LogP contribution < -0.4 is 5.73 Å². The summed E-state index contributed by atoms with van der Waals surface area (Å²) in [6.45, 7) is 19.0. The number of benzene rings is 1. The highest BCUT2D eigenvalue weighted by atomic mass is 15.0. The zero-order valence-corrected chi connectivity index (χ0v) is 14.3. The largest absolute Gasteiger partial charge is 0.321 e. The predicted molar refractivity (Wildman–Crippen MR) is 90.1 cm³/mol. The van der Waals surface area contributed by atoms with Crippen LogP contribution in [0.2, 0.25) is 0 Å². The molecular weight excluding hydrogens is 242 g/mol. The molecule has 1 saturated carbocycles. The van der Waals surface area contributed by atoms with E-state index in [0.29, 0.717) is 5.92 Å². The van der Waals surface area contributed by atoms with E-state index in [9.17, 15) is 0 Å². The second-order valence-electron chi connectivity index (χ2n) is 6.27. The SMILES string of the molecule is C=C(C)[C@@]1(N)[C@H](c2cc(C)cc(C)c2)C1(C)CC.CC. The Morgan fingerprint density at radius 3 is 1.95 bits per heavy atom. The van der Waals surface area contributed by atoms with Crippen molar-refractivity contribution in [2.24, 2.45) is 11.1 Å². The third-order valence-electron chi connectivity index (χ3n) is 4.97. The van der Waals surface area contributed by atoms with Crippen LogP contribution >= 0.6 is 0 Å². The Morgan fingerprint density at radius 2 is 1.65 bits per heavy atom. The molecular formula is C19H31N. The molecule has 0 aromatic heterocycles. The van der Waals surface area contributed by atoms with Crippen LogP contribution in [0.4, 0.5) is 0 Å². The van der Waals surface area contributed by atoms with Gasteiger partial charge in [-0.25, -0.2) is 0 Å². The Morgan fingerprint density at radius 1 is 1.20 bits per heavy atom. The third kappa shape index (κ3) is 2.33. The van der Waals surface area contributed by atoms with Gasteiger partial charge in [-0.2, -0.15) is 0 Å². The summed E-state index contributed by atoms with van der Waals surface area (Å²) in [7, 11) is 0. The summed E-state index contributed by atoms with van der Waals surface area (Å²) >= 11 is 0. The summed E-state index contributed by atoms with van der Waals surface area (Å²) in [5, 5.41) is 0. The number of rotatable bonds is 3. The molecule has 1 aromatic carbocycles. The molecule has 0 radical (unpaired) electrons. The summed E-state index contributed by atoms with van der Waals surface area (Å²) in [4.78, 5) is 0. The van der Waals surface area contributed by atoms with E-state index in [0.717, 1.165) is 12.0 Å². The molecule has 1 aromatic rings. The van der Waals surface area contributed by atoms with E-state index in [1.54, 1.807) is 0 Å². The van der Waals surface area contributed by atoms with Gasteiger partial charge in [-0.15, -0.1) is 0 Å². The molecule has 2 rings (SSSR count). The maximum atomic E-state index is 6.66. The second kappa shape index (κ2) is 5.73. The van der Waals surface area contributed by atoms with E-state index in [4.69, 9.17) is 5.73 Å². The standard InChI is InChI=1S/C17H25N.C2H6/c1-7-16(6)15(17(16,18)11(2)3)14-9-12(4)8-13(5)10-14;1-2/h8-10,15H,2,7,18H2,1,3-6H3;1-2H3/t15-,16?,17-;/m1./s1. The van der Waals surface area contributed by atoms with Crippen molar-refractivity contribution in [3.63, 3.8) is 0 Å². The summed E-state index contributed by atoms with van der Waals surface area (Å²) < 4.78 is 0. The zero-order valence-electron chi connectivity index (χ0n) is 14.3. The number of aryl methyl sites for hydroxylation is 2. The first-order chi connectivity index (χ1) is 9.27. The van der Waals surface area contributed by atoms with Gasteiger partial charge in [0.05, 0.1) is 0 Å². The van der Waals surface area contributed by atoms with Gasteiger partial charge in [-0.05, 0) is 38.2 Å². The molecule has 1 fully saturated rings. The fourth-order valence-corrected chi connectivity index (χ4v) is 3.75. The van der Waals surface area contributed by atoms with Gasteiger partial charge in [0.2, 0.25) is 0 Å². The average molecular weight is 273 g/mol. The van der Waals surface area contributed by atoms with E-state index >= 15 is 0 Å². The predicted octanol–water partition coefficient (Wildman–Crippen LogP) is 5.12. The van der Waals surface area contributed by atoms with Crippen LogP contribution in [0, 0.1) is 19.3 Å². The molecule has 20 heavy (non-hydrogen) atoms. The molecule has 2 N–H and O–H groups in total. The monoisotopic (exact) mass is 273 g/mol. The molecule has 0 bridgehead atoms. The Labute approximate surface area is 125 Å². The minimum atomic E-state index is -0.234. The van der Waals surface area contributed by atoms with E-state index in [1.807, 2.05) is 13.8 Å². The molecule has 3 atom stereocenters. The van der Waals surface area contributed by atoms with Crippen molar-refractivity contribution in [1.82, 2.24) is 0 Å². The molecule has 1 aliphatic carbocycles. The van der Waals surface area contributed by atoms with Crippen molar-refractivity contribution in [3.05, 3.63) is 47.0 Å². The first-order valence-electron chi connectivity index (χ1n) is 7.80. The van der Waals surface area contributed by atoms with Crippen LogP contribution in [0.25, 0.3) is 0 Å². The molecule has 0 aliphatic heterocycles. The van der Waals surface area contributed by atoms with Crippen LogP contribution in [0.15, 0.2) is 30.4 Å². The summed E-state index contributed by atoms with van der Waals surface area (Å²) in [5.41, 5.74) is 11.7. The van der Waals surface area contributed by atoms with E-state index in [-0.39, 0.29) is 11.0 Å². The van der Waals surface area contributed by atoms with Crippen molar-refractivity contribution < 1.29 is 0 Å². The Hall–Kier alpha value is -1.08. The number of hydrogen-bond acceptors (Lipinski definition) is 1. The zero-order chi connectivity index (χ0) is 15.7. The molecule has 1 nitrogen and oxygen atoms in total. The van der Waals surface area contributed by atoms with Gasteiger partial charge in [0.15, 0.2) is 0 Å². The topological polar surface area (TPSA) is 26.0 Å². The van der Waals surface area contributed by atoms with Crippen molar-refractivity contribution in [2.45, 2.75) is 66.3 Å². The maximum absolute atomic E-state index is 6.66. The van der Waals surface area contributed by atoms with Crippen molar-refractivity contribution in [3.8, 4) is 0 Å². The lowest BCUT2D eigenvalue weighted by molar-refractivity contribution is 0.467. The Balaban J connectivity index is 0.000000956. The van der Waals surface area contributed by atoms with E-state index in [1.165, 1.54) is 16.7 Å². The molecule has 1 unspecified atom stereocenters. The smallest absolute Gasteiger partial charge is 0.0500 e. The normalized spacial score (nSPS) is 31.3. The summed E-state index contributed by atoms with van der Waals surface area (Å²) in [5.74, 6) is 0.408. The van der Waals surface area contributed by atoms with Gasteiger partial charge >= 0.3 is 0 Å².